The van der Waals surface area contributed by atoms with Gasteiger partial charge in [0.1, 0.15) is 5.16 Å². The van der Waals surface area contributed by atoms with Gasteiger partial charge in [-0.2, -0.15) is 0 Å². The van der Waals surface area contributed by atoms with Crippen LogP contribution >= 0.6 is 11.6 Å². The van der Waals surface area contributed by atoms with Gasteiger partial charge in [0.25, 0.3) is 0 Å². The molecule has 0 aliphatic carbocycles. The molecule has 2 rings (SSSR count). The third kappa shape index (κ3) is 2.99. The molecule has 2 heteroatoms. The van der Waals surface area contributed by atoms with Crippen molar-refractivity contribution in [2.24, 2.45) is 0 Å². The summed E-state index contributed by atoms with van der Waals surface area (Å²) in [5.41, 5.74) is 3.50. The molecule has 0 spiro atoms. The predicted octanol–water partition coefficient (Wildman–Crippen LogP) is 5.27. The second kappa shape index (κ2) is 5.94. The Labute approximate surface area is 120 Å². The summed E-state index contributed by atoms with van der Waals surface area (Å²) < 4.78 is 0. The number of aryl methyl sites for hydroxylation is 1. The first-order valence-electron chi connectivity index (χ1n) is 6.35. The van der Waals surface area contributed by atoms with E-state index in [1.54, 1.807) is 0 Å². The van der Waals surface area contributed by atoms with E-state index in [2.05, 4.69) is 49.6 Å². The van der Waals surface area contributed by atoms with Gasteiger partial charge in [0, 0.05) is 5.69 Å². The minimum Gasteiger partial charge on any atom is -0.325 e. The summed E-state index contributed by atoms with van der Waals surface area (Å²) in [7, 11) is 0. The van der Waals surface area contributed by atoms with Gasteiger partial charge >= 0.3 is 0 Å². The molecule has 0 radical (unpaired) electrons. The maximum absolute atomic E-state index is 6.23. The lowest BCUT2D eigenvalue weighted by atomic mass is 10.1. The van der Waals surface area contributed by atoms with Crippen molar-refractivity contribution in [3.8, 4) is 0 Å². The molecule has 0 aliphatic heterocycles. The fraction of sp³-hybridized carbons (Fsp3) is 0.176. The van der Waals surface area contributed by atoms with Crippen molar-refractivity contribution in [3.63, 3.8) is 0 Å². The summed E-state index contributed by atoms with van der Waals surface area (Å²) in [6.45, 7) is 8.13. The second-order valence-electron chi connectivity index (χ2n) is 4.62. The Hall–Kier alpha value is -1.73. The van der Waals surface area contributed by atoms with E-state index in [1.807, 2.05) is 30.3 Å². The lowest BCUT2D eigenvalue weighted by molar-refractivity contribution is 0.758. The number of hydrogen-bond donors (Lipinski definition) is 0. The lowest BCUT2D eigenvalue weighted by Crippen LogP contribution is -2.24. The Morgan fingerprint density at radius 3 is 2.21 bits per heavy atom. The lowest BCUT2D eigenvalue weighted by Gasteiger charge is -2.31. The number of nitrogens with zero attached hydrogens (tertiary/aromatic N) is 1. The molecule has 0 saturated heterocycles. The van der Waals surface area contributed by atoms with E-state index in [0.29, 0.717) is 5.16 Å². The molecule has 0 bridgehead atoms. The van der Waals surface area contributed by atoms with Crippen molar-refractivity contribution >= 4 is 17.3 Å². The molecule has 1 nitrogen and oxygen atoms in total. The van der Waals surface area contributed by atoms with Crippen LogP contribution < -0.4 is 4.90 Å². The van der Waals surface area contributed by atoms with Crippen LogP contribution in [0, 0.1) is 6.92 Å². The third-order valence-electron chi connectivity index (χ3n) is 3.31. The summed E-state index contributed by atoms with van der Waals surface area (Å²) in [6.07, 6.45) is 0. The van der Waals surface area contributed by atoms with Gasteiger partial charge in [-0.05, 0) is 31.0 Å². The molecular formula is C17H18ClN. The predicted molar refractivity (Wildman–Crippen MR) is 83.5 cm³/mol. The molecule has 0 aliphatic rings. The number of hydrogen-bond acceptors (Lipinski definition) is 1. The van der Waals surface area contributed by atoms with Crippen LogP contribution in [0.3, 0.4) is 0 Å². The zero-order chi connectivity index (χ0) is 13.8. The maximum Gasteiger partial charge on any atom is 0.102 e. The van der Waals surface area contributed by atoms with E-state index in [4.69, 9.17) is 11.6 Å². The SMILES string of the molecule is C=C(Cl)N(c1ccccc1C)C(C)c1ccccc1. The summed E-state index contributed by atoms with van der Waals surface area (Å²) in [4.78, 5) is 2.06. The molecule has 0 saturated carbocycles. The molecule has 98 valence electrons. The zero-order valence-electron chi connectivity index (χ0n) is 11.3. The Kier molecular flexibility index (Phi) is 4.28. The number of benzene rings is 2. The average Bonchev–Trinajstić information content (AvgIpc) is 2.42. The molecule has 19 heavy (non-hydrogen) atoms. The Balaban J connectivity index is 2.42. The normalized spacial score (nSPS) is 11.9. The molecule has 0 aromatic heterocycles. The molecule has 0 fully saturated rings. The maximum atomic E-state index is 6.23. The Bertz CT molecular complexity index is 562. The fourth-order valence-corrected chi connectivity index (χ4v) is 2.50. The smallest absolute Gasteiger partial charge is 0.102 e. The summed E-state index contributed by atoms with van der Waals surface area (Å²) >= 11 is 6.23. The van der Waals surface area contributed by atoms with E-state index in [1.165, 1.54) is 11.1 Å². The molecular weight excluding hydrogens is 254 g/mol. The van der Waals surface area contributed by atoms with Crippen molar-refractivity contribution in [3.05, 3.63) is 77.5 Å². The largest absolute Gasteiger partial charge is 0.325 e. The highest BCUT2D eigenvalue weighted by Gasteiger charge is 2.19. The van der Waals surface area contributed by atoms with Gasteiger partial charge in [-0.15, -0.1) is 0 Å². The van der Waals surface area contributed by atoms with Gasteiger partial charge in [0.05, 0.1) is 6.04 Å². The van der Waals surface area contributed by atoms with Crippen molar-refractivity contribution in [1.29, 1.82) is 0 Å². The van der Waals surface area contributed by atoms with E-state index < -0.39 is 0 Å². The standard InChI is InChI=1S/C17H18ClN/c1-13-9-7-8-12-17(13)19(15(3)18)14(2)16-10-5-4-6-11-16/h4-12,14H,3H2,1-2H3. The van der Waals surface area contributed by atoms with Gasteiger partial charge in [-0.3, -0.25) is 0 Å². The van der Waals surface area contributed by atoms with Gasteiger partial charge in [-0.25, -0.2) is 0 Å². The van der Waals surface area contributed by atoms with Crippen LogP contribution in [0.2, 0.25) is 0 Å². The second-order valence-corrected chi connectivity index (χ2v) is 5.06. The van der Waals surface area contributed by atoms with E-state index in [0.717, 1.165) is 5.69 Å². The molecule has 1 unspecified atom stereocenters. The Morgan fingerprint density at radius 1 is 1.05 bits per heavy atom. The summed E-state index contributed by atoms with van der Waals surface area (Å²) in [6, 6.07) is 18.7. The van der Waals surface area contributed by atoms with Gasteiger partial charge in [-0.1, -0.05) is 66.7 Å². The average molecular weight is 272 g/mol. The molecule has 1 atom stereocenters. The van der Waals surface area contributed by atoms with E-state index in [-0.39, 0.29) is 6.04 Å². The van der Waals surface area contributed by atoms with E-state index in [9.17, 15) is 0 Å². The van der Waals surface area contributed by atoms with Crippen LogP contribution in [0.5, 0.6) is 0 Å². The zero-order valence-corrected chi connectivity index (χ0v) is 12.1. The van der Waals surface area contributed by atoms with Crippen LogP contribution in [0.1, 0.15) is 24.1 Å². The van der Waals surface area contributed by atoms with Gasteiger partial charge in [0.2, 0.25) is 0 Å². The Morgan fingerprint density at radius 2 is 1.63 bits per heavy atom. The first-order chi connectivity index (χ1) is 9.11. The van der Waals surface area contributed by atoms with Gasteiger partial charge < -0.3 is 4.90 Å². The highest BCUT2D eigenvalue weighted by Crippen LogP contribution is 2.33. The van der Waals surface area contributed by atoms with Crippen molar-refractivity contribution in [2.45, 2.75) is 19.9 Å². The van der Waals surface area contributed by atoms with Crippen LogP contribution in [-0.2, 0) is 0 Å². The molecule has 0 N–H and O–H groups in total. The van der Waals surface area contributed by atoms with Crippen molar-refractivity contribution in [2.75, 3.05) is 4.90 Å². The third-order valence-corrected chi connectivity index (χ3v) is 3.49. The number of anilines is 1. The topological polar surface area (TPSA) is 3.24 Å². The number of halogens is 1. The highest BCUT2D eigenvalue weighted by atomic mass is 35.5. The van der Waals surface area contributed by atoms with Crippen LogP contribution in [0.15, 0.2) is 66.3 Å². The molecule has 0 heterocycles. The quantitative estimate of drug-likeness (QED) is 0.685. The van der Waals surface area contributed by atoms with E-state index >= 15 is 0 Å². The van der Waals surface area contributed by atoms with Crippen LogP contribution in [-0.4, -0.2) is 0 Å². The first-order valence-corrected chi connectivity index (χ1v) is 6.73. The minimum atomic E-state index is 0.146. The van der Waals surface area contributed by atoms with Crippen LogP contribution in [0.25, 0.3) is 0 Å². The van der Waals surface area contributed by atoms with Crippen molar-refractivity contribution < 1.29 is 0 Å². The summed E-state index contributed by atoms with van der Waals surface area (Å²) in [5, 5.41) is 0.533. The number of rotatable bonds is 4. The molecule has 2 aromatic rings. The monoisotopic (exact) mass is 271 g/mol. The number of para-hydroxylation sites is 1. The molecule has 2 aromatic carbocycles. The molecule has 0 amide bonds. The van der Waals surface area contributed by atoms with Crippen molar-refractivity contribution in [1.82, 2.24) is 0 Å². The first kappa shape index (κ1) is 13.7. The highest BCUT2D eigenvalue weighted by molar-refractivity contribution is 6.30. The fourth-order valence-electron chi connectivity index (χ4n) is 2.26. The van der Waals surface area contributed by atoms with Gasteiger partial charge in [0.15, 0.2) is 0 Å². The van der Waals surface area contributed by atoms with Crippen LogP contribution in [0.4, 0.5) is 5.69 Å². The summed E-state index contributed by atoms with van der Waals surface area (Å²) in [5.74, 6) is 0. The minimum absolute atomic E-state index is 0.146.